The van der Waals surface area contributed by atoms with E-state index in [-0.39, 0.29) is 17.7 Å². The Bertz CT molecular complexity index is 882. The van der Waals surface area contributed by atoms with E-state index in [4.69, 9.17) is 16.3 Å². The van der Waals surface area contributed by atoms with Crippen molar-refractivity contribution in [2.45, 2.75) is 39.3 Å². The minimum Gasteiger partial charge on any atom is -0.495 e. The second kappa shape index (κ2) is 8.65. The molecule has 1 heterocycles. The monoisotopic (exact) mass is 400 g/mol. The maximum Gasteiger partial charge on any atom is 0.247 e. The van der Waals surface area contributed by atoms with Crippen molar-refractivity contribution in [3.8, 4) is 5.75 Å². The molecule has 5 nitrogen and oxygen atoms in total. The summed E-state index contributed by atoms with van der Waals surface area (Å²) in [6.07, 6.45) is 0.913. The second-order valence-electron chi connectivity index (χ2n) is 7.45. The van der Waals surface area contributed by atoms with E-state index in [0.717, 1.165) is 11.1 Å². The van der Waals surface area contributed by atoms with E-state index >= 15 is 0 Å². The molecule has 0 aliphatic carbocycles. The number of halogens is 1. The standard InChI is InChI=1S/C22H25ClN2O3/c1-14(2)10-21(26)25-13-16-7-5-4-6-15(16)11-19(25)22(27)24-17-8-9-20(28-3)18(23)12-17/h4-9,12,14,19H,10-11,13H2,1-3H3,(H,24,27). The van der Waals surface area contributed by atoms with Gasteiger partial charge in [0.25, 0.3) is 0 Å². The molecule has 0 aromatic heterocycles. The van der Waals surface area contributed by atoms with Crippen LogP contribution in [0.15, 0.2) is 42.5 Å². The molecular formula is C22H25ClN2O3. The molecule has 2 amide bonds. The van der Waals surface area contributed by atoms with Crippen LogP contribution < -0.4 is 10.1 Å². The number of fused-ring (bicyclic) bond motifs is 1. The molecule has 28 heavy (non-hydrogen) atoms. The fourth-order valence-electron chi connectivity index (χ4n) is 3.46. The van der Waals surface area contributed by atoms with Crippen LogP contribution in [0.3, 0.4) is 0 Å². The average molecular weight is 401 g/mol. The van der Waals surface area contributed by atoms with E-state index in [0.29, 0.717) is 35.8 Å². The first-order valence-corrected chi connectivity index (χ1v) is 9.77. The Morgan fingerprint density at radius 1 is 1.21 bits per heavy atom. The van der Waals surface area contributed by atoms with Crippen molar-refractivity contribution in [3.63, 3.8) is 0 Å². The van der Waals surface area contributed by atoms with Crippen molar-refractivity contribution < 1.29 is 14.3 Å². The van der Waals surface area contributed by atoms with Gasteiger partial charge >= 0.3 is 0 Å². The number of hydrogen-bond donors (Lipinski definition) is 1. The Morgan fingerprint density at radius 3 is 2.57 bits per heavy atom. The molecule has 0 spiro atoms. The Morgan fingerprint density at radius 2 is 1.93 bits per heavy atom. The molecule has 1 aliphatic rings. The van der Waals surface area contributed by atoms with E-state index in [1.54, 1.807) is 23.1 Å². The number of hydrogen-bond acceptors (Lipinski definition) is 3. The topological polar surface area (TPSA) is 58.6 Å². The highest BCUT2D eigenvalue weighted by Crippen LogP contribution is 2.29. The lowest BCUT2D eigenvalue weighted by Crippen LogP contribution is -2.50. The minimum atomic E-state index is -0.554. The average Bonchev–Trinajstić information content (AvgIpc) is 2.66. The summed E-state index contributed by atoms with van der Waals surface area (Å²) >= 11 is 6.16. The molecule has 3 rings (SSSR count). The van der Waals surface area contributed by atoms with Gasteiger partial charge in [-0.3, -0.25) is 9.59 Å². The first-order valence-electron chi connectivity index (χ1n) is 9.39. The molecule has 2 aromatic rings. The van der Waals surface area contributed by atoms with Gasteiger partial charge in [0.15, 0.2) is 0 Å². The van der Waals surface area contributed by atoms with Gasteiger partial charge in [0.1, 0.15) is 11.8 Å². The molecule has 1 unspecified atom stereocenters. The summed E-state index contributed by atoms with van der Waals surface area (Å²) in [5.41, 5.74) is 2.77. The Hall–Kier alpha value is -2.53. The lowest BCUT2D eigenvalue weighted by atomic mass is 9.92. The first kappa shape index (κ1) is 20.2. The van der Waals surface area contributed by atoms with Gasteiger partial charge in [-0.1, -0.05) is 49.7 Å². The molecule has 0 saturated heterocycles. The van der Waals surface area contributed by atoms with Gasteiger partial charge in [-0.25, -0.2) is 0 Å². The highest BCUT2D eigenvalue weighted by Gasteiger charge is 2.34. The molecule has 0 radical (unpaired) electrons. The Labute approximate surface area is 170 Å². The van der Waals surface area contributed by atoms with E-state index in [9.17, 15) is 9.59 Å². The van der Waals surface area contributed by atoms with Crippen LogP contribution in [-0.4, -0.2) is 29.9 Å². The smallest absolute Gasteiger partial charge is 0.247 e. The molecule has 1 atom stereocenters. The summed E-state index contributed by atoms with van der Waals surface area (Å²) in [6.45, 7) is 4.46. The molecule has 6 heteroatoms. The third kappa shape index (κ3) is 4.47. The zero-order valence-corrected chi connectivity index (χ0v) is 17.1. The lowest BCUT2D eigenvalue weighted by Gasteiger charge is -2.36. The number of anilines is 1. The van der Waals surface area contributed by atoms with Crippen molar-refractivity contribution in [1.82, 2.24) is 4.90 Å². The maximum absolute atomic E-state index is 13.1. The number of rotatable bonds is 5. The van der Waals surface area contributed by atoms with Crippen LogP contribution in [0.2, 0.25) is 5.02 Å². The quantitative estimate of drug-likeness (QED) is 0.814. The van der Waals surface area contributed by atoms with Crippen molar-refractivity contribution in [2.75, 3.05) is 12.4 Å². The third-order valence-corrected chi connectivity index (χ3v) is 5.17. The lowest BCUT2D eigenvalue weighted by molar-refractivity contribution is -0.140. The predicted octanol–water partition coefficient (Wildman–Crippen LogP) is 4.29. The highest BCUT2D eigenvalue weighted by molar-refractivity contribution is 6.32. The fourth-order valence-corrected chi connectivity index (χ4v) is 3.71. The van der Waals surface area contributed by atoms with Crippen molar-refractivity contribution in [1.29, 1.82) is 0 Å². The summed E-state index contributed by atoms with van der Waals surface area (Å²) in [7, 11) is 1.54. The summed E-state index contributed by atoms with van der Waals surface area (Å²) in [6, 6.07) is 12.5. The van der Waals surface area contributed by atoms with Crippen LogP contribution >= 0.6 is 11.6 Å². The molecule has 0 saturated carbocycles. The zero-order chi connectivity index (χ0) is 20.3. The van der Waals surface area contributed by atoms with E-state index in [1.807, 2.05) is 38.1 Å². The van der Waals surface area contributed by atoms with Gasteiger partial charge in [-0.05, 0) is 35.2 Å². The predicted molar refractivity (Wildman–Crippen MR) is 111 cm³/mol. The summed E-state index contributed by atoms with van der Waals surface area (Å²) < 4.78 is 5.15. The second-order valence-corrected chi connectivity index (χ2v) is 7.85. The number of carbonyl (C=O) groups excluding carboxylic acids is 2. The maximum atomic E-state index is 13.1. The van der Waals surface area contributed by atoms with Gasteiger partial charge in [0.05, 0.1) is 12.1 Å². The number of carbonyl (C=O) groups is 2. The molecule has 148 valence electrons. The SMILES string of the molecule is COc1ccc(NC(=O)C2Cc3ccccc3CN2C(=O)CC(C)C)cc1Cl. The normalized spacial score (nSPS) is 15.9. The number of methoxy groups -OCH3 is 1. The molecule has 0 bridgehead atoms. The van der Waals surface area contributed by atoms with Crippen LogP contribution in [0.25, 0.3) is 0 Å². The number of nitrogens with one attached hydrogen (secondary N) is 1. The number of amides is 2. The van der Waals surface area contributed by atoms with Crippen LogP contribution in [-0.2, 0) is 22.6 Å². The summed E-state index contributed by atoms with van der Waals surface area (Å²) in [4.78, 5) is 27.6. The van der Waals surface area contributed by atoms with E-state index < -0.39 is 6.04 Å². The minimum absolute atomic E-state index is 0.00239. The fraction of sp³-hybridized carbons (Fsp3) is 0.364. The molecule has 1 N–H and O–H groups in total. The largest absolute Gasteiger partial charge is 0.495 e. The van der Waals surface area contributed by atoms with Crippen molar-refractivity contribution in [3.05, 3.63) is 58.6 Å². The van der Waals surface area contributed by atoms with Gasteiger partial charge in [0, 0.05) is 25.1 Å². The van der Waals surface area contributed by atoms with Crippen LogP contribution in [0, 0.1) is 5.92 Å². The number of ether oxygens (including phenoxy) is 1. The van der Waals surface area contributed by atoms with Gasteiger partial charge in [-0.2, -0.15) is 0 Å². The molecular weight excluding hydrogens is 376 g/mol. The molecule has 2 aromatic carbocycles. The number of nitrogens with zero attached hydrogens (tertiary/aromatic N) is 1. The van der Waals surface area contributed by atoms with Gasteiger partial charge in [0.2, 0.25) is 11.8 Å². The van der Waals surface area contributed by atoms with Crippen molar-refractivity contribution in [2.24, 2.45) is 5.92 Å². The van der Waals surface area contributed by atoms with Crippen LogP contribution in [0.1, 0.15) is 31.4 Å². The molecule has 0 fully saturated rings. The molecule has 1 aliphatic heterocycles. The summed E-state index contributed by atoms with van der Waals surface area (Å²) in [5.74, 6) is 0.555. The first-order chi connectivity index (χ1) is 13.4. The zero-order valence-electron chi connectivity index (χ0n) is 16.4. The van der Waals surface area contributed by atoms with Gasteiger partial charge < -0.3 is 15.0 Å². The Balaban J connectivity index is 1.84. The van der Waals surface area contributed by atoms with Crippen molar-refractivity contribution >= 4 is 29.1 Å². The van der Waals surface area contributed by atoms with Crippen LogP contribution in [0.5, 0.6) is 5.75 Å². The van der Waals surface area contributed by atoms with E-state index in [1.165, 1.54) is 7.11 Å². The third-order valence-electron chi connectivity index (χ3n) is 4.87. The summed E-state index contributed by atoms with van der Waals surface area (Å²) in [5, 5.41) is 3.32. The Kier molecular flexibility index (Phi) is 6.25. The van der Waals surface area contributed by atoms with Gasteiger partial charge in [-0.15, -0.1) is 0 Å². The highest BCUT2D eigenvalue weighted by atomic mass is 35.5. The van der Waals surface area contributed by atoms with E-state index in [2.05, 4.69) is 5.32 Å². The van der Waals surface area contributed by atoms with Crippen LogP contribution in [0.4, 0.5) is 5.69 Å². The number of benzene rings is 2.